The van der Waals surface area contributed by atoms with Gasteiger partial charge in [-0.25, -0.2) is 9.59 Å². The van der Waals surface area contributed by atoms with Crippen LogP contribution >= 0.6 is 0 Å². The highest BCUT2D eigenvalue weighted by atomic mass is 16.4. The van der Waals surface area contributed by atoms with Gasteiger partial charge in [0.2, 0.25) is 0 Å². The zero-order valence-corrected chi connectivity index (χ0v) is 12.7. The molecule has 1 heterocycles. The third-order valence-electron chi connectivity index (χ3n) is 3.19. The summed E-state index contributed by atoms with van der Waals surface area (Å²) in [5.41, 5.74) is 0.434. The van der Waals surface area contributed by atoms with Gasteiger partial charge in [0.15, 0.2) is 6.04 Å². The fourth-order valence-corrected chi connectivity index (χ4v) is 1.93. The molecule has 0 saturated heterocycles. The SMILES string of the molecule is CCN(CC)CCNC(=O)NC(C(=O)O)c1cnn(C)c1. The van der Waals surface area contributed by atoms with Crippen LogP contribution in [-0.4, -0.2) is 58.0 Å². The second kappa shape index (κ2) is 8.25. The number of nitrogens with zero attached hydrogens (tertiary/aromatic N) is 3. The summed E-state index contributed by atoms with van der Waals surface area (Å²) in [4.78, 5) is 25.2. The zero-order valence-electron chi connectivity index (χ0n) is 12.7. The summed E-state index contributed by atoms with van der Waals surface area (Å²) in [6.45, 7) is 7.11. The minimum Gasteiger partial charge on any atom is -0.479 e. The van der Waals surface area contributed by atoms with Crippen molar-refractivity contribution in [3.8, 4) is 0 Å². The Morgan fingerprint density at radius 3 is 2.57 bits per heavy atom. The molecule has 21 heavy (non-hydrogen) atoms. The highest BCUT2D eigenvalue weighted by molar-refractivity contribution is 5.83. The van der Waals surface area contributed by atoms with Crippen LogP contribution in [0.2, 0.25) is 0 Å². The van der Waals surface area contributed by atoms with Crippen LogP contribution in [0.4, 0.5) is 4.79 Å². The number of amides is 2. The van der Waals surface area contributed by atoms with Crippen molar-refractivity contribution in [2.24, 2.45) is 7.05 Å². The first kappa shape index (κ1) is 17.0. The average Bonchev–Trinajstić information content (AvgIpc) is 2.87. The molecule has 0 aliphatic heterocycles. The number of carbonyl (C=O) groups excluding carboxylic acids is 1. The van der Waals surface area contributed by atoms with E-state index in [1.807, 2.05) is 13.8 Å². The molecule has 0 bridgehead atoms. The molecule has 1 aromatic heterocycles. The summed E-state index contributed by atoms with van der Waals surface area (Å²) < 4.78 is 1.49. The van der Waals surface area contributed by atoms with E-state index in [2.05, 4.69) is 20.6 Å². The van der Waals surface area contributed by atoms with E-state index in [-0.39, 0.29) is 0 Å². The molecule has 8 nitrogen and oxygen atoms in total. The maximum Gasteiger partial charge on any atom is 0.331 e. The number of aliphatic carboxylic acids is 1. The predicted octanol–water partition coefficient (Wildman–Crippen LogP) is 0.187. The smallest absolute Gasteiger partial charge is 0.331 e. The Labute approximate surface area is 124 Å². The fourth-order valence-electron chi connectivity index (χ4n) is 1.93. The highest BCUT2D eigenvalue weighted by Crippen LogP contribution is 2.11. The summed E-state index contributed by atoms with van der Waals surface area (Å²) in [5.74, 6) is -1.12. The number of carboxylic acids is 1. The van der Waals surface area contributed by atoms with E-state index >= 15 is 0 Å². The number of hydrogen-bond acceptors (Lipinski definition) is 4. The number of rotatable bonds is 8. The second-order valence-electron chi connectivity index (χ2n) is 4.65. The molecular weight excluding hydrogens is 274 g/mol. The van der Waals surface area contributed by atoms with Crippen molar-refractivity contribution < 1.29 is 14.7 Å². The van der Waals surface area contributed by atoms with Crippen LogP contribution in [0.25, 0.3) is 0 Å². The number of carbonyl (C=O) groups is 2. The van der Waals surface area contributed by atoms with Gasteiger partial charge in [-0.15, -0.1) is 0 Å². The molecular formula is C13H23N5O3. The Morgan fingerprint density at radius 2 is 2.10 bits per heavy atom. The van der Waals surface area contributed by atoms with Crippen LogP contribution in [0.15, 0.2) is 12.4 Å². The van der Waals surface area contributed by atoms with Gasteiger partial charge in [-0.3, -0.25) is 4.68 Å². The molecule has 0 spiro atoms. The van der Waals surface area contributed by atoms with Crippen LogP contribution in [0.1, 0.15) is 25.5 Å². The van der Waals surface area contributed by atoms with Crippen molar-refractivity contribution in [2.45, 2.75) is 19.9 Å². The van der Waals surface area contributed by atoms with Crippen molar-refractivity contribution in [2.75, 3.05) is 26.2 Å². The Balaban J connectivity index is 2.48. The third-order valence-corrected chi connectivity index (χ3v) is 3.19. The second-order valence-corrected chi connectivity index (χ2v) is 4.65. The number of likely N-dealkylation sites (N-methyl/N-ethyl adjacent to an activating group) is 1. The third kappa shape index (κ3) is 5.42. The molecule has 0 aliphatic carbocycles. The lowest BCUT2D eigenvalue weighted by Crippen LogP contribution is -2.43. The Bertz CT molecular complexity index is 470. The van der Waals surface area contributed by atoms with Crippen LogP contribution in [0.3, 0.4) is 0 Å². The largest absolute Gasteiger partial charge is 0.479 e. The van der Waals surface area contributed by atoms with E-state index in [1.54, 1.807) is 13.2 Å². The quantitative estimate of drug-likeness (QED) is 0.636. The van der Waals surface area contributed by atoms with Gasteiger partial charge in [-0.2, -0.15) is 5.10 Å². The molecule has 1 unspecified atom stereocenters. The molecule has 1 rings (SSSR count). The van der Waals surface area contributed by atoms with Crippen molar-refractivity contribution in [1.82, 2.24) is 25.3 Å². The summed E-state index contributed by atoms with van der Waals surface area (Å²) in [7, 11) is 1.69. The molecule has 2 amide bonds. The number of hydrogen-bond donors (Lipinski definition) is 3. The minimum atomic E-state index is -1.12. The van der Waals surface area contributed by atoms with Gasteiger partial charge in [-0.1, -0.05) is 13.8 Å². The minimum absolute atomic E-state index is 0.434. The van der Waals surface area contributed by atoms with Crippen LogP contribution in [-0.2, 0) is 11.8 Å². The topological polar surface area (TPSA) is 99.5 Å². The monoisotopic (exact) mass is 297 g/mol. The first-order valence-corrected chi connectivity index (χ1v) is 6.96. The summed E-state index contributed by atoms with van der Waals surface area (Å²) >= 11 is 0. The Kier molecular flexibility index (Phi) is 6.67. The molecule has 0 aliphatic rings. The van der Waals surface area contributed by atoms with E-state index in [9.17, 15) is 14.7 Å². The number of aromatic nitrogens is 2. The molecule has 0 fully saturated rings. The maximum atomic E-state index is 11.8. The van der Waals surface area contributed by atoms with Gasteiger partial charge in [0.1, 0.15) is 0 Å². The lowest BCUT2D eigenvalue weighted by Gasteiger charge is -2.19. The van der Waals surface area contributed by atoms with Crippen molar-refractivity contribution >= 4 is 12.0 Å². The maximum absolute atomic E-state index is 11.8. The van der Waals surface area contributed by atoms with Gasteiger partial charge >= 0.3 is 12.0 Å². The number of aryl methyl sites for hydroxylation is 1. The predicted molar refractivity (Wildman–Crippen MR) is 77.9 cm³/mol. The zero-order chi connectivity index (χ0) is 15.8. The molecule has 8 heteroatoms. The van der Waals surface area contributed by atoms with E-state index in [0.29, 0.717) is 12.1 Å². The molecule has 3 N–H and O–H groups in total. The average molecular weight is 297 g/mol. The molecule has 1 atom stereocenters. The van der Waals surface area contributed by atoms with Gasteiger partial charge < -0.3 is 20.6 Å². The molecule has 0 aromatic carbocycles. The van der Waals surface area contributed by atoms with E-state index in [4.69, 9.17) is 0 Å². The molecule has 0 saturated carbocycles. The first-order valence-electron chi connectivity index (χ1n) is 6.96. The number of nitrogens with one attached hydrogen (secondary N) is 2. The lowest BCUT2D eigenvalue weighted by atomic mass is 10.1. The van der Waals surface area contributed by atoms with E-state index in [0.717, 1.165) is 19.6 Å². The van der Waals surface area contributed by atoms with Gasteiger partial charge in [0.05, 0.1) is 6.20 Å². The van der Waals surface area contributed by atoms with Crippen LogP contribution in [0.5, 0.6) is 0 Å². The van der Waals surface area contributed by atoms with Crippen molar-refractivity contribution in [3.05, 3.63) is 18.0 Å². The summed E-state index contributed by atoms with van der Waals surface area (Å²) in [6, 6.07) is -1.61. The van der Waals surface area contributed by atoms with Gasteiger partial charge in [0.25, 0.3) is 0 Å². The Hall–Kier alpha value is -2.09. The van der Waals surface area contributed by atoms with E-state index in [1.165, 1.54) is 10.9 Å². The molecule has 118 valence electrons. The Morgan fingerprint density at radius 1 is 1.43 bits per heavy atom. The highest BCUT2D eigenvalue weighted by Gasteiger charge is 2.23. The number of carboxylic acid groups (broad SMARTS) is 1. The van der Waals surface area contributed by atoms with Crippen molar-refractivity contribution in [1.29, 1.82) is 0 Å². The fraction of sp³-hybridized carbons (Fsp3) is 0.615. The molecule has 0 radical (unpaired) electrons. The van der Waals surface area contributed by atoms with Gasteiger partial charge in [-0.05, 0) is 13.1 Å². The number of urea groups is 1. The van der Waals surface area contributed by atoms with Crippen LogP contribution < -0.4 is 10.6 Å². The standard InChI is InChI=1S/C13H23N5O3/c1-4-18(5-2)7-6-14-13(21)16-11(12(19)20)10-8-15-17(3)9-10/h8-9,11H,4-7H2,1-3H3,(H,19,20)(H2,14,16,21). The summed E-state index contributed by atoms with van der Waals surface area (Å²) in [5, 5.41) is 18.2. The van der Waals surface area contributed by atoms with Gasteiger partial charge in [0, 0.05) is 31.9 Å². The molecule has 1 aromatic rings. The lowest BCUT2D eigenvalue weighted by molar-refractivity contribution is -0.139. The normalized spacial score (nSPS) is 12.2. The van der Waals surface area contributed by atoms with E-state index < -0.39 is 18.0 Å². The van der Waals surface area contributed by atoms with Crippen LogP contribution in [0, 0.1) is 0 Å². The van der Waals surface area contributed by atoms with Crippen molar-refractivity contribution in [3.63, 3.8) is 0 Å². The summed E-state index contributed by atoms with van der Waals surface area (Å²) in [6.07, 6.45) is 2.99. The first-order chi connectivity index (χ1) is 9.97.